The highest BCUT2D eigenvalue weighted by Gasteiger charge is 2.14. The number of aromatic nitrogens is 1. The molecule has 2 aromatic carbocycles. The van der Waals surface area contributed by atoms with Gasteiger partial charge in [-0.15, -0.1) is 0 Å². The molecule has 0 unspecified atom stereocenters. The molecule has 0 atom stereocenters. The number of hydrogen-bond acceptors (Lipinski definition) is 3. The second kappa shape index (κ2) is 8.48. The molecule has 28 heavy (non-hydrogen) atoms. The number of carbonyl (C=O) groups is 2. The lowest BCUT2D eigenvalue weighted by atomic mass is 10.0. The number of nitrogens with one attached hydrogen (secondary N) is 2. The van der Waals surface area contributed by atoms with Crippen molar-refractivity contribution in [2.24, 2.45) is 0 Å². The maximum Gasteiger partial charge on any atom is 0.270 e. The summed E-state index contributed by atoms with van der Waals surface area (Å²) < 4.78 is 0. The second-order valence-electron chi connectivity index (χ2n) is 6.83. The highest BCUT2D eigenvalue weighted by atomic mass is 16.2. The van der Waals surface area contributed by atoms with E-state index in [2.05, 4.69) is 15.6 Å². The molecule has 1 heterocycles. The maximum absolute atomic E-state index is 12.7. The van der Waals surface area contributed by atoms with Crippen LogP contribution in [0.15, 0.2) is 60.8 Å². The Morgan fingerprint density at radius 1 is 0.893 bits per heavy atom. The van der Waals surface area contributed by atoms with Gasteiger partial charge in [-0.25, -0.2) is 0 Å². The molecular weight excluding hydrogens is 350 g/mol. The number of aryl methyl sites for hydroxylation is 3. The normalized spacial score (nSPS) is 10.4. The minimum absolute atomic E-state index is 0.209. The summed E-state index contributed by atoms with van der Waals surface area (Å²) in [6, 6.07) is 16.8. The SMILES string of the molecule is Cc1cc(C)c(NC(=O)c2ccnc(C(=O)NCc3ccccc3)c2)c(C)c1. The fraction of sp³-hybridized carbons (Fsp3) is 0.174. The van der Waals surface area contributed by atoms with E-state index in [4.69, 9.17) is 0 Å². The summed E-state index contributed by atoms with van der Waals surface area (Å²) in [6.45, 7) is 6.35. The third kappa shape index (κ3) is 4.62. The highest BCUT2D eigenvalue weighted by Crippen LogP contribution is 2.22. The monoisotopic (exact) mass is 373 g/mol. The van der Waals surface area contributed by atoms with Crippen LogP contribution in [-0.2, 0) is 6.54 Å². The lowest BCUT2D eigenvalue weighted by molar-refractivity contribution is 0.0946. The molecule has 0 saturated carbocycles. The molecular formula is C23H23N3O2. The van der Waals surface area contributed by atoms with Gasteiger partial charge in [0, 0.05) is 24.0 Å². The molecule has 3 rings (SSSR count). The minimum Gasteiger partial charge on any atom is -0.347 e. The average Bonchev–Trinajstić information content (AvgIpc) is 2.69. The van der Waals surface area contributed by atoms with Crippen molar-refractivity contribution in [2.45, 2.75) is 27.3 Å². The molecule has 142 valence electrons. The molecule has 0 spiro atoms. The molecule has 0 aliphatic heterocycles. The van der Waals surface area contributed by atoms with Gasteiger partial charge in [0.15, 0.2) is 0 Å². The van der Waals surface area contributed by atoms with Gasteiger partial charge in [-0.2, -0.15) is 0 Å². The summed E-state index contributed by atoms with van der Waals surface area (Å²) in [6.07, 6.45) is 1.47. The first-order valence-corrected chi connectivity index (χ1v) is 9.11. The summed E-state index contributed by atoms with van der Waals surface area (Å²) in [7, 11) is 0. The Hall–Kier alpha value is -3.47. The molecule has 2 amide bonds. The van der Waals surface area contributed by atoms with Gasteiger partial charge in [0.2, 0.25) is 0 Å². The van der Waals surface area contributed by atoms with Crippen LogP contribution in [0.25, 0.3) is 0 Å². The first kappa shape index (κ1) is 19.3. The van der Waals surface area contributed by atoms with Gasteiger partial charge in [-0.3, -0.25) is 14.6 Å². The van der Waals surface area contributed by atoms with E-state index < -0.39 is 0 Å². The zero-order valence-corrected chi connectivity index (χ0v) is 16.2. The van der Waals surface area contributed by atoms with E-state index in [1.165, 1.54) is 12.3 Å². The Morgan fingerprint density at radius 2 is 1.57 bits per heavy atom. The van der Waals surface area contributed by atoms with Crippen molar-refractivity contribution in [3.8, 4) is 0 Å². The predicted octanol–water partition coefficient (Wildman–Crippen LogP) is 4.19. The predicted molar refractivity (Wildman–Crippen MR) is 110 cm³/mol. The standard InChI is InChI=1S/C23H23N3O2/c1-15-11-16(2)21(17(3)12-15)26-22(27)19-9-10-24-20(13-19)23(28)25-14-18-7-5-4-6-8-18/h4-13H,14H2,1-3H3,(H,25,28)(H,26,27). The fourth-order valence-corrected chi connectivity index (χ4v) is 3.13. The van der Waals surface area contributed by atoms with E-state index in [-0.39, 0.29) is 17.5 Å². The second-order valence-corrected chi connectivity index (χ2v) is 6.83. The van der Waals surface area contributed by atoms with Crippen LogP contribution in [0.4, 0.5) is 5.69 Å². The van der Waals surface area contributed by atoms with Crippen LogP contribution in [0, 0.1) is 20.8 Å². The van der Waals surface area contributed by atoms with Crippen LogP contribution in [0.1, 0.15) is 43.1 Å². The van der Waals surface area contributed by atoms with Crippen molar-refractivity contribution in [3.05, 3.63) is 94.3 Å². The number of anilines is 1. The Morgan fingerprint density at radius 3 is 2.25 bits per heavy atom. The number of amides is 2. The molecule has 3 aromatic rings. The summed E-state index contributed by atoms with van der Waals surface area (Å²) in [5, 5.41) is 5.77. The van der Waals surface area contributed by atoms with Crippen LogP contribution < -0.4 is 10.6 Å². The summed E-state index contributed by atoms with van der Waals surface area (Å²) in [5.74, 6) is -0.587. The Labute approximate surface area is 164 Å². The smallest absolute Gasteiger partial charge is 0.270 e. The Kier molecular flexibility index (Phi) is 5.84. The van der Waals surface area contributed by atoms with Crippen LogP contribution >= 0.6 is 0 Å². The molecule has 5 heteroatoms. The van der Waals surface area contributed by atoms with Crippen molar-refractivity contribution in [3.63, 3.8) is 0 Å². The van der Waals surface area contributed by atoms with E-state index in [0.717, 1.165) is 27.9 Å². The average molecular weight is 373 g/mol. The largest absolute Gasteiger partial charge is 0.347 e. The summed E-state index contributed by atoms with van der Waals surface area (Å²) >= 11 is 0. The number of nitrogens with zero attached hydrogens (tertiary/aromatic N) is 1. The van der Waals surface area contributed by atoms with Gasteiger partial charge >= 0.3 is 0 Å². The van der Waals surface area contributed by atoms with Crippen LogP contribution in [0.2, 0.25) is 0 Å². The molecule has 5 nitrogen and oxygen atoms in total. The minimum atomic E-state index is -0.318. The molecule has 0 radical (unpaired) electrons. The van der Waals surface area contributed by atoms with Crippen LogP contribution in [-0.4, -0.2) is 16.8 Å². The van der Waals surface area contributed by atoms with Crippen molar-refractivity contribution in [2.75, 3.05) is 5.32 Å². The molecule has 0 fully saturated rings. The topological polar surface area (TPSA) is 71.1 Å². The number of pyridine rings is 1. The van der Waals surface area contributed by atoms with E-state index in [0.29, 0.717) is 12.1 Å². The van der Waals surface area contributed by atoms with E-state index >= 15 is 0 Å². The molecule has 0 saturated heterocycles. The van der Waals surface area contributed by atoms with Crippen molar-refractivity contribution >= 4 is 17.5 Å². The maximum atomic E-state index is 12.7. The third-order valence-electron chi connectivity index (χ3n) is 4.47. The van der Waals surface area contributed by atoms with Gasteiger partial charge in [-0.1, -0.05) is 48.0 Å². The van der Waals surface area contributed by atoms with Gasteiger partial charge in [0.05, 0.1) is 0 Å². The molecule has 2 N–H and O–H groups in total. The van der Waals surface area contributed by atoms with Crippen molar-refractivity contribution < 1.29 is 9.59 Å². The van der Waals surface area contributed by atoms with Gasteiger partial charge in [-0.05, 0) is 49.6 Å². The number of hydrogen-bond donors (Lipinski definition) is 2. The molecule has 0 aliphatic carbocycles. The lowest BCUT2D eigenvalue weighted by Crippen LogP contribution is -2.24. The first-order valence-electron chi connectivity index (χ1n) is 9.11. The number of benzene rings is 2. The first-order chi connectivity index (χ1) is 13.4. The zero-order valence-electron chi connectivity index (χ0n) is 16.2. The van der Waals surface area contributed by atoms with Crippen LogP contribution in [0.3, 0.4) is 0 Å². The summed E-state index contributed by atoms with van der Waals surface area (Å²) in [5.41, 5.74) is 5.54. The summed E-state index contributed by atoms with van der Waals surface area (Å²) in [4.78, 5) is 29.2. The van der Waals surface area contributed by atoms with E-state index in [9.17, 15) is 9.59 Å². The van der Waals surface area contributed by atoms with Crippen molar-refractivity contribution in [1.29, 1.82) is 0 Å². The fourth-order valence-electron chi connectivity index (χ4n) is 3.13. The molecule has 0 aliphatic rings. The van der Waals surface area contributed by atoms with Gasteiger partial charge in [0.1, 0.15) is 5.69 Å². The van der Waals surface area contributed by atoms with Crippen LogP contribution in [0.5, 0.6) is 0 Å². The number of carbonyl (C=O) groups excluding carboxylic acids is 2. The van der Waals surface area contributed by atoms with E-state index in [1.54, 1.807) is 6.07 Å². The zero-order chi connectivity index (χ0) is 20.1. The molecule has 0 bridgehead atoms. The van der Waals surface area contributed by atoms with Gasteiger partial charge < -0.3 is 10.6 Å². The lowest BCUT2D eigenvalue weighted by Gasteiger charge is -2.13. The highest BCUT2D eigenvalue weighted by molar-refractivity contribution is 6.06. The molecule has 1 aromatic heterocycles. The quantitative estimate of drug-likeness (QED) is 0.704. The third-order valence-corrected chi connectivity index (χ3v) is 4.47. The van der Waals surface area contributed by atoms with Gasteiger partial charge in [0.25, 0.3) is 11.8 Å². The Balaban J connectivity index is 1.72. The van der Waals surface area contributed by atoms with Crippen molar-refractivity contribution in [1.82, 2.24) is 10.3 Å². The number of rotatable bonds is 5. The van der Waals surface area contributed by atoms with E-state index in [1.807, 2.05) is 63.2 Å². The Bertz CT molecular complexity index is 990.